The van der Waals surface area contributed by atoms with Crippen LogP contribution in [-0.2, 0) is 6.42 Å². The molecule has 0 aliphatic carbocycles. The molecule has 2 rings (SSSR count). The first kappa shape index (κ1) is 15.2. The molecule has 0 spiro atoms. The zero-order valence-corrected chi connectivity index (χ0v) is 13.0. The summed E-state index contributed by atoms with van der Waals surface area (Å²) in [7, 11) is 0. The van der Waals surface area contributed by atoms with Crippen molar-refractivity contribution in [3.63, 3.8) is 0 Å². The van der Waals surface area contributed by atoms with E-state index in [-0.39, 0.29) is 11.9 Å². The SMILES string of the molecule is CCCNC(CCc1ccsc1)c1ccc(C)cc1F. The molecule has 0 fully saturated rings. The van der Waals surface area contributed by atoms with Gasteiger partial charge in [-0.1, -0.05) is 19.1 Å². The molecule has 0 amide bonds. The number of nitrogens with one attached hydrogen (secondary N) is 1. The Kier molecular flexibility index (Phi) is 5.74. The zero-order valence-electron chi connectivity index (χ0n) is 12.2. The molecule has 1 aromatic carbocycles. The molecule has 1 aromatic heterocycles. The summed E-state index contributed by atoms with van der Waals surface area (Å²) in [6.45, 7) is 4.97. The van der Waals surface area contributed by atoms with Gasteiger partial charge < -0.3 is 5.32 Å². The molecule has 0 saturated heterocycles. The lowest BCUT2D eigenvalue weighted by Crippen LogP contribution is -2.23. The first-order valence-corrected chi connectivity index (χ1v) is 8.15. The maximum atomic E-state index is 14.2. The van der Waals surface area contributed by atoms with Gasteiger partial charge >= 0.3 is 0 Å². The standard InChI is InChI=1S/C17H22FNS/c1-3-9-19-17(7-5-14-8-10-20-12-14)15-6-4-13(2)11-16(15)18/h4,6,8,10-12,17,19H,3,5,7,9H2,1-2H3. The van der Waals surface area contributed by atoms with Crippen LogP contribution in [0.1, 0.15) is 42.5 Å². The molecule has 0 bridgehead atoms. The number of rotatable bonds is 7. The second-order valence-electron chi connectivity index (χ2n) is 5.20. The number of halogens is 1. The van der Waals surface area contributed by atoms with Crippen molar-refractivity contribution in [1.29, 1.82) is 0 Å². The van der Waals surface area contributed by atoms with Gasteiger partial charge in [0.05, 0.1) is 0 Å². The lowest BCUT2D eigenvalue weighted by Gasteiger charge is -2.19. The van der Waals surface area contributed by atoms with Crippen molar-refractivity contribution >= 4 is 11.3 Å². The van der Waals surface area contributed by atoms with Gasteiger partial charge in [0.15, 0.2) is 0 Å². The maximum Gasteiger partial charge on any atom is 0.128 e. The van der Waals surface area contributed by atoms with Crippen molar-refractivity contribution < 1.29 is 4.39 Å². The third-order valence-corrected chi connectivity index (χ3v) is 4.21. The number of thiophene rings is 1. The predicted molar refractivity (Wildman–Crippen MR) is 84.8 cm³/mol. The quantitative estimate of drug-likeness (QED) is 0.767. The number of hydrogen-bond donors (Lipinski definition) is 1. The minimum absolute atomic E-state index is 0.0930. The van der Waals surface area contributed by atoms with Gasteiger partial charge in [0, 0.05) is 11.6 Å². The van der Waals surface area contributed by atoms with Crippen LogP contribution in [-0.4, -0.2) is 6.54 Å². The first-order chi connectivity index (χ1) is 9.70. The summed E-state index contributed by atoms with van der Waals surface area (Å²) in [4.78, 5) is 0. The summed E-state index contributed by atoms with van der Waals surface area (Å²) in [5.74, 6) is -0.0936. The molecule has 0 radical (unpaired) electrons. The minimum Gasteiger partial charge on any atom is -0.310 e. The molecule has 108 valence electrons. The van der Waals surface area contributed by atoms with Gasteiger partial charge in [-0.2, -0.15) is 11.3 Å². The Bertz CT molecular complexity index is 522. The summed E-state index contributed by atoms with van der Waals surface area (Å²) in [5, 5.41) is 7.73. The van der Waals surface area contributed by atoms with Crippen LogP contribution < -0.4 is 5.32 Å². The fourth-order valence-electron chi connectivity index (χ4n) is 2.35. The van der Waals surface area contributed by atoms with Gasteiger partial charge in [0.1, 0.15) is 5.82 Å². The van der Waals surface area contributed by atoms with Gasteiger partial charge in [-0.05, 0) is 66.8 Å². The smallest absolute Gasteiger partial charge is 0.128 e. The molecule has 0 aliphatic rings. The van der Waals surface area contributed by atoms with Crippen LogP contribution in [0.5, 0.6) is 0 Å². The van der Waals surface area contributed by atoms with Crippen molar-refractivity contribution in [2.45, 2.75) is 39.2 Å². The van der Waals surface area contributed by atoms with Gasteiger partial charge in [-0.3, -0.25) is 0 Å². The highest BCUT2D eigenvalue weighted by molar-refractivity contribution is 7.07. The average Bonchev–Trinajstić information content (AvgIpc) is 2.93. The summed E-state index contributed by atoms with van der Waals surface area (Å²) in [5.41, 5.74) is 3.10. The van der Waals surface area contributed by atoms with E-state index in [4.69, 9.17) is 0 Å². The maximum absolute atomic E-state index is 14.2. The fourth-order valence-corrected chi connectivity index (χ4v) is 3.05. The van der Waals surface area contributed by atoms with Crippen molar-refractivity contribution in [2.75, 3.05) is 6.54 Å². The molecular formula is C17H22FNS. The molecule has 2 aromatic rings. The second kappa shape index (κ2) is 7.55. The highest BCUT2D eigenvalue weighted by Crippen LogP contribution is 2.23. The van der Waals surface area contributed by atoms with Crippen LogP contribution in [0.25, 0.3) is 0 Å². The number of benzene rings is 1. The molecule has 20 heavy (non-hydrogen) atoms. The number of hydrogen-bond acceptors (Lipinski definition) is 2. The van der Waals surface area contributed by atoms with Crippen LogP contribution in [0.2, 0.25) is 0 Å². The van der Waals surface area contributed by atoms with Crippen molar-refractivity contribution in [3.8, 4) is 0 Å². The van der Waals surface area contributed by atoms with Gasteiger partial charge in [-0.15, -0.1) is 0 Å². The Balaban J connectivity index is 2.09. The monoisotopic (exact) mass is 291 g/mol. The van der Waals surface area contributed by atoms with E-state index in [1.54, 1.807) is 17.4 Å². The van der Waals surface area contributed by atoms with E-state index in [9.17, 15) is 4.39 Å². The van der Waals surface area contributed by atoms with Crippen LogP contribution in [0, 0.1) is 12.7 Å². The van der Waals surface area contributed by atoms with Gasteiger partial charge in [0.25, 0.3) is 0 Å². The Hall–Kier alpha value is -1.19. The van der Waals surface area contributed by atoms with Crippen LogP contribution in [0.4, 0.5) is 4.39 Å². The molecule has 1 N–H and O–H groups in total. The van der Waals surface area contributed by atoms with E-state index in [2.05, 4.69) is 29.1 Å². The van der Waals surface area contributed by atoms with Crippen molar-refractivity contribution in [2.24, 2.45) is 0 Å². The molecule has 1 atom stereocenters. The minimum atomic E-state index is -0.0936. The predicted octanol–water partition coefficient (Wildman–Crippen LogP) is 4.87. The largest absolute Gasteiger partial charge is 0.310 e. The zero-order chi connectivity index (χ0) is 14.4. The van der Waals surface area contributed by atoms with Gasteiger partial charge in [0.2, 0.25) is 0 Å². The van der Waals surface area contributed by atoms with Gasteiger partial charge in [-0.25, -0.2) is 4.39 Å². The van der Waals surface area contributed by atoms with Crippen LogP contribution >= 0.6 is 11.3 Å². The lowest BCUT2D eigenvalue weighted by molar-refractivity contribution is 0.473. The summed E-state index contributed by atoms with van der Waals surface area (Å²) in [6, 6.07) is 7.78. The summed E-state index contributed by atoms with van der Waals surface area (Å²) >= 11 is 1.72. The lowest BCUT2D eigenvalue weighted by atomic mass is 9.98. The van der Waals surface area contributed by atoms with E-state index >= 15 is 0 Å². The van der Waals surface area contributed by atoms with Crippen LogP contribution in [0.3, 0.4) is 0 Å². The summed E-state index contributed by atoms with van der Waals surface area (Å²) < 4.78 is 14.2. The topological polar surface area (TPSA) is 12.0 Å². The average molecular weight is 291 g/mol. The molecule has 3 heteroatoms. The third kappa shape index (κ3) is 4.15. The normalized spacial score (nSPS) is 12.6. The van der Waals surface area contributed by atoms with Crippen molar-refractivity contribution in [1.82, 2.24) is 5.32 Å². The van der Waals surface area contributed by atoms with E-state index in [1.165, 1.54) is 5.56 Å². The van der Waals surface area contributed by atoms with E-state index in [1.807, 2.05) is 19.1 Å². The molecular weight excluding hydrogens is 269 g/mol. The Morgan fingerprint density at radius 2 is 2.15 bits per heavy atom. The Labute approximate surface area is 124 Å². The molecule has 1 unspecified atom stereocenters. The third-order valence-electron chi connectivity index (χ3n) is 3.47. The fraction of sp³-hybridized carbons (Fsp3) is 0.412. The Morgan fingerprint density at radius 3 is 2.80 bits per heavy atom. The van der Waals surface area contributed by atoms with Crippen LogP contribution in [0.15, 0.2) is 35.0 Å². The Morgan fingerprint density at radius 1 is 1.30 bits per heavy atom. The second-order valence-corrected chi connectivity index (χ2v) is 5.98. The molecule has 0 aliphatic heterocycles. The van der Waals surface area contributed by atoms with E-state index in [0.29, 0.717) is 0 Å². The first-order valence-electron chi connectivity index (χ1n) is 7.21. The molecule has 1 nitrogen and oxygen atoms in total. The number of aryl methyl sites for hydroxylation is 2. The summed E-state index contributed by atoms with van der Waals surface area (Å²) in [6.07, 6.45) is 2.97. The highest BCUT2D eigenvalue weighted by Gasteiger charge is 2.15. The highest BCUT2D eigenvalue weighted by atomic mass is 32.1. The van der Waals surface area contributed by atoms with Crippen molar-refractivity contribution in [3.05, 3.63) is 57.5 Å². The van der Waals surface area contributed by atoms with E-state index < -0.39 is 0 Å². The molecule has 0 saturated carbocycles. The molecule has 1 heterocycles. The van der Waals surface area contributed by atoms with E-state index in [0.717, 1.165) is 36.9 Å².